The van der Waals surface area contributed by atoms with Gasteiger partial charge in [-0.3, -0.25) is 4.79 Å². The van der Waals surface area contributed by atoms with E-state index in [1.807, 2.05) is 26.0 Å². The number of amides is 1. The van der Waals surface area contributed by atoms with Gasteiger partial charge in [0.1, 0.15) is 4.90 Å². The first-order valence-corrected chi connectivity index (χ1v) is 11.1. The van der Waals surface area contributed by atoms with Gasteiger partial charge in [-0.2, -0.15) is 0 Å². The molecule has 1 amide bonds. The van der Waals surface area contributed by atoms with Crippen LogP contribution < -0.4 is 9.03 Å². The fourth-order valence-electron chi connectivity index (χ4n) is 2.62. The van der Waals surface area contributed by atoms with Crippen LogP contribution in [-0.4, -0.2) is 14.3 Å². The number of fused-ring (bicyclic) bond motifs is 1. The molecule has 0 atom stereocenters. The van der Waals surface area contributed by atoms with Gasteiger partial charge in [0.25, 0.3) is 15.9 Å². The summed E-state index contributed by atoms with van der Waals surface area (Å²) in [4.78, 5) is 13.2. The van der Waals surface area contributed by atoms with Crippen molar-refractivity contribution in [1.82, 2.24) is 0 Å². The lowest BCUT2D eigenvalue weighted by molar-refractivity contribution is 0.102. The van der Waals surface area contributed by atoms with E-state index >= 15 is 0 Å². The summed E-state index contributed by atoms with van der Waals surface area (Å²) in [5.41, 5.74) is 1.69. The number of benzene rings is 3. The largest absolute Gasteiger partial charge is 0.322 e. The molecule has 4 rings (SSSR count). The van der Waals surface area contributed by atoms with Gasteiger partial charge in [0.05, 0.1) is 10.6 Å². The first kappa shape index (κ1) is 20.0. The molecule has 1 aliphatic heterocycles. The van der Waals surface area contributed by atoms with Crippen LogP contribution in [0.15, 0.2) is 88.7 Å². The average molecular weight is 413 g/mol. The molecule has 144 valence electrons. The van der Waals surface area contributed by atoms with Gasteiger partial charge >= 0.3 is 0 Å². The first-order valence-electron chi connectivity index (χ1n) is 8.84. The van der Waals surface area contributed by atoms with Crippen LogP contribution in [0.4, 0.5) is 11.4 Å². The van der Waals surface area contributed by atoms with E-state index in [0.29, 0.717) is 26.7 Å². The summed E-state index contributed by atoms with van der Waals surface area (Å²) >= 11 is 1.17. The maximum Gasteiger partial charge on any atom is 0.275 e. The highest BCUT2D eigenvalue weighted by molar-refractivity contribution is 8.17. The van der Waals surface area contributed by atoms with E-state index in [0.717, 1.165) is 0 Å². The first-order chi connectivity index (χ1) is 13.6. The second kappa shape index (κ2) is 8.50. The lowest BCUT2D eigenvalue weighted by atomic mass is 10.2. The van der Waals surface area contributed by atoms with Gasteiger partial charge in [-0.25, -0.2) is 12.1 Å². The Morgan fingerprint density at radius 3 is 2.11 bits per heavy atom. The molecule has 1 aliphatic rings. The minimum absolute atomic E-state index is 0.214. The van der Waals surface area contributed by atoms with Gasteiger partial charge in [-0.15, -0.1) is 0 Å². The molecule has 0 aliphatic carbocycles. The topological polar surface area (TPSA) is 66.5 Å². The highest BCUT2D eigenvalue weighted by Crippen LogP contribution is 2.44. The summed E-state index contributed by atoms with van der Waals surface area (Å²) in [5, 5.41) is 2.80. The second-order valence-corrected chi connectivity index (χ2v) is 8.61. The van der Waals surface area contributed by atoms with Gasteiger partial charge < -0.3 is 5.32 Å². The fourth-order valence-corrected chi connectivity index (χ4v) is 5.77. The minimum Gasteiger partial charge on any atom is -0.322 e. The molecule has 0 saturated carbocycles. The third kappa shape index (κ3) is 3.90. The molecule has 5 nitrogen and oxygen atoms in total. The van der Waals surface area contributed by atoms with Crippen LogP contribution in [0.25, 0.3) is 0 Å². The molecule has 7 heteroatoms. The maximum absolute atomic E-state index is 12.7. The van der Waals surface area contributed by atoms with E-state index in [-0.39, 0.29) is 5.91 Å². The van der Waals surface area contributed by atoms with Crippen molar-refractivity contribution in [2.45, 2.75) is 23.6 Å². The third-order valence-corrected chi connectivity index (χ3v) is 7.33. The predicted molar refractivity (Wildman–Crippen MR) is 114 cm³/mol. The maximum atomic E-state index is 12.7. The molecule has 3 aromatic carbocycles. The van der Waals surface area contributed by atoms with Crippen molar-refractivity contribution in [2.24, 2.45) is 0 Å². The van der Waals surface area contributed by atoms with Gasteiger partial charge in [-0.05, 0) is 48.5 Å². The van der Waals surface area contributed by atoms with E-state index in [2.05, 4.69) is 5.32 Å². The number of nitrogens with zero attached hydrogens (tertiary/aromatic N) is 1. The van der Waals surface area contributed by atoms with Crippen LogP contribution in [0, 0.1) is 0 Å². The van der Waals surface area contributed by atoms with E-state index < -0.39 is 10.0 Å². The van der Waals surface area contributed by atoms with Crippen LogP contribution >= 0.6 is 11.9 Å². The zero-order chi connectivity index (χ0) is 20.1. The van der Waals surface area contributed by atoms with Gasteiger partial charge in [0, 0.05) is 23.2 Å². The van der Waals surface area contributed by atoms with Gasteiger partial charge in [-0.1, -0.05) is 44.2 Å². The van der Waals surface area contributed by atoms with E-state index in [1.165, 1.54) is 15.7 Å². The fraction of sp³-hybridized carbons (Fsp3) is 0.0952. The zero-order valence-corrected chi connectivity index (χ0v) is 17.1. The molecule has 0 unspecified atom stereocenters. The number of hydrogen-bond acceptors (Lipinski definition) is 4. The second-order valence-electron chi connectivity index (χ2n) is 5.64. The SMILES string of the molecule is CC.O=C(Nc1ccc(N2Sc3ccccc3S2(=O)=O)cc1)c1ccccc1. The summed E-state index contributed by atoms with van der Waals surface area (Å²) in [6, 6.07) is 22.5. The lowest BCUT2D eigenvalue weighted by Crippen LogP contribution is -2.18. The number of nitrogens with one attached hydrogen (secondary N) is 1. The van der Waals surface area contributed by atoms with Crippen LogP contribution in [0.3, 0.4) is 0 Å². The molecule has 3 aromatic rings. The number of anilines is 2. The normalized spacial score (nSPS) is 13.9. The van der Waals surface area contributed by atoms with Crippen molar-refractivity contribution in [3.63, 3.8) is 0 Å². The minimum atomic E-state index is -3.57. The summed E-state index contributed by atoms with van der Waals surface area (Å²) in [6.07, 6.45) is 0. The quantitative estimate of drug-likeness (QED) is 0.602. The van der Waals surface area contributed by atoms with Crippen molar-refractivity contribution in [3.05, 3.63) is 84.4 Å². The van der Waals surface area contributed by atoms with Crippen molar-refractivity contribution in [1.29, 1.82) is 0 Å². The Hall–Kier alpha value is -2.77. The van der Waals surface area contributed by atoms with Gasteiger partial charge in [0.2, 0.25) is 0 Å². The molecule has 1 N–H and O–H groups in total. The summed E-state index contributed by atoms with van der Waals surface area (Å²) < 4.78 is 26.6. The Balaban J connectivity index is 0.00000109. The number of hydrogen-bond donors (Lipinski definition) is 1. The Morgan fingerprint density at radius 1 is 0.857 bits per heavy atom. The van der Waals surface area contributed by atoms with Crippen molar-refractivity contribution in [3.8, 4) is 0 Å². The monoisotopic (exact) mass is 412 g/mol. The standard InChI is InChI=1S/C19H14N2O3S2.C2H6/c22-19(14-6-2-1-3-7-14)20-15-10-12-16(13-11-15)21-25-17-8-4-5-9-18(17)26(21,23)24;1-2/h1-13H,(H,20,22);1-2H3. The number of carbonyl (C=O) groups excluding carboxylic acids is 1. The Morgan fingerprint density at radius 2 is 1.46 bits per heavy atom. The van der Waals surface area contributed by atoms with Crippen LogP contribution in [0.2, 0.25) is 0 Å². The van der Waals surface area contributed by atoms with Gasteiger partial charge in [0.15, 0.2) is 0 Å². The van der Waals surface area contributed by atoms with Crippen molar-refractivity contribution >= 4 is 39.3 Å². The predicted octanol–water partition coefficient (Wildman–Crippen LogP) is 5.18. The highest BCUT2D eigenvalue weighted by atomic mass is 32.3. The number of sulfonamides is 1. The van der Waals surface area contributed by atoms with Crippen molar-refractivity contribution in [2.75, 3.05) is 9.03 Å². The Bertz CT molecular complexity index is 1070. The zero-order valence-electron chi connectivity index (χ0n) is 15.5. The number of carbonyl (C=O) groups is 1. The van der Waals surface area contributed by atoms with E-state index in [4.69, 9.17) is 0 Å². The molecule has 0 saturated heterocycles. The molecule has 1 heterocycles. The molecule has 28 heavy (non-hydrogen) atoms. The van der Waals surface area contributed by atoms with Crippen LogP contribution in [0.5, 0.6) is 0 Å². The molecular weight excluding hydrogens is 392 g/mol. The highest BCUT2D eigenvalue weighted by Gasteiger charge is 2.35. The van der Waals surface area contributed by atoms with E-state index in [9.17, 15) is 13.2 Å². The summed E-state index contributed by atoms with van der Waals surface area (Å²) in [7, 11) is -3.57. The summed E-state index contributed by atoms with van der Waals surface area (Å²) in [5.74, 6) is -0.214. The van der Waals surface area contributed by atoms with Crippen molar-refractivity contribution < 1.29 is 13.2 Å². The smallest absolute Gasteiger partial charge is 0.275 e. The Kier molecular flexibility index (Phi) is 6.06. The molecule has 0 spiro atoms. The van der Waals surface area contributed by atoms with Crippen LogP contribution in [0.1, 0.15) is 24.2 Å². The average Bonchev–Trinajstić information content (AvgIpc) is 3.02. The molecule has 0 bridgehead atoms. The number of rotatable bonds is 3. The third-order valence-electron chi connectivity index (χ3n) is 3.90. The van der Waals surface area contributed by atoms with E-state index in [1.54, 1.807) is 66.7 Å². The molecule has 0 radical (unpaired) electrons. The van der Waals surface area contributed by atoms with Crippen LogP contribution in [-0.2, 0) is 10.0 Å². The summed E-state index contributed by atoms with van der Waals surface area (Å²) in [6.45, 7) is 4.00. The lowest BCUT2D eigenvalue weighted by Gasteiger charge is -2.15. The molecule has 0 aromatic heterocycles. The molecule has 0 fully saturated rings. The molecular formula is C21H20N2O3S2. The Labute approximate surface area is 169 Å².